The fourth-order valence-corrected chi connectivity index (χ4v) is 4.81. The number of primary amides is 1. The lowest BCUT2D eigenvalue weighted by molar-refractivity contribution is -0.157. The van der Waals surface area contributed by atoms with Gasteiger partial charge in [0.05, 0.1) is 18.4 Å². The highest BCUT2D eigenvalue weighted by atomic mass is 28.4. The SMILES string of the molecule is C=CCOC(=O)C1=C(c2ccc(CC(N)=O)cc2)C[C@@H]2[C@H](CCO[Si](C)(C)C)C(=O)N12. The van der Waals surface area contributed by atoms with Crippen LogP contribution in [0.25, 0.3) is 5.57 Å². The monoisotopic (exact) mass is 442 g/mol. The molecule has 0 aliphatic carbocycles. The number of nitrogens with zero attached hydrogens (tertiary/aromatic N) is 1. The average molecular weight is 443 g/mol. The number of hydrogen-bond acceptors (Lipinski definition) is 5. The largest absolute Gasteiger partial charge is 0.457 e. The Bertz CT molecular complexity index is 917. The van der Waals surface area contributed by atoms with Crippen LogP contribution in [0.1, 0.15) is 24.0 Å². The molecule has 2 amide bonds. The number of fused-ring (bicyclic) bond motifs is 1. The summed E-state index contributed by atoms with van der Waals surface area (Å²) < 4.78 is 11.2. The highest BCUT2D eigenvalue weighted by molar-refractivity contribution is 6.69. The van der Waals surface area contributed by atoms with Gasteiger partial charge in [0, 0.05) is 6.61 Å². The van der Waals surface area contributed by atoms with E-state index in [0.717, 1.165) is 16.7 Å². The van der Waals surface area contributed by atoms with Gasteiger partial charge in [-0.05, 0) is 49.2 Å². The van der Waals surface area contributed by atoms with E-state index in [4.69, 9.17) is 14.9 Å². The van der Waals surface area contributed by atoms with E-state index in [2.05, 4.69) is 26.2 Å². The van der Waals surface area contributed by atoms with Gasteiger partial charge in [0.2, 0.25) is 11.8 Å². The van der Waals surface area contributed by atoms with E-state index in [1.165, 1.54) is 6.08 Å². The second-order valence-electron chi connectivity index (χ2n) is 8.89. The van der Waals surface area contributed by atoms with Gasteiger partial charge in [0.15, 0.2) is 8.32 Å². The number of β-lactam (4-membered cyclic amide) rings is 1. The number of amides is 2. The molecule has 0 radical (unpaired) electrons. The van der Waals surface area contributed by atoms with Crippen LogP contribution in [0.4, 0.5) is 0 Å². The van der Waals surface area contributed by atoms with E-state index >= 15 is 0 Å². The first-order valence-electron chi connectivity index (χ1n) is 10.5. The molecule has 0 bridgehead atoms. The van der Waals surface area contributed by atoms with Gasteiger partial charge >= 0.3 is 5.97 Å². The number of nitrogens with two attached hydrogens (primary N) is 1. The van der Waals surface area contributed by atoms with Crippen LogP contribution in [0.15, 0.2) is 42.6 Å². The normalized spacial score (nSPS) is 20.4. The fourth-order valence-electron chi connectivity index (χ4n) is 4.08. The molecule has 8 heteroatoms. The maximum absolute atomic E-state index is 12.9. The summed E-state index contributed by atoms with van der Waals surface area (Å²) in [6.45, 7) is 10.6. The standard InChI is InChI=1S/C23H30N2O5Si/c1-5-11-29-23(28)21-18(16-8-6-15(7-9-16)13-20(24)26)14-19-17(22(27)25(19)21)10-12-30-31(2,3)4/h5-9,17,19H,1,10-14H2,2-4H3,(H2,24,26)/t17-,19+/m0/s1. The summed E-state index contributed by atoms with van der Waals surface area (Å²) >= 11 is 0. The van der Waals surface area contributed by atoms with Crippen molar-refractivity contribution in [2.45, 2.75) is 44.9 Å². The summed E-state index contributed by atoms with van der Waals surface area (Å²) in [5.41, 5.74) is 7.99. The molecule has 2 N–H and O–H groups in total. The van der Waals surface area contributed by atoms with Crippen molar-refractivity contribution in [2.24, 2.45) is 11.7 Å². The summed E-state index contributed by atoms with van der Waals surface area (Å²) in [5.74, 6) is -1.15. The van der Waals surface area contributed by atoms with Gasteiger partial charge in [-0.3, -0.25) is 9.59 Å². The van der Waals surface area contributed by atoms with Crippen LogP contribution in [-0.2, 0) is 30.0 Å². The lowest BCUT2D eigenvalue weighted by atomic mass is 9.84. The van der Waals surface area contributed by atoms with Gasteiger partial charge in [-0.15, -0.1) is 0 Å². The maximum atomic E-state index is 12.9. The zero-order chi connectivity index (χ0) is 22.8. The predicted molar refractivity (Wildman–Crippen MR) is 120 cm³/mol. The fraction of sp³-hybridized carbons (Fsp3) is 0.435. The Kier molecular flexibility index (Phi) is 6.81. The lowest BCUT2D eigenvalue weighted by Gasteiger charge is -2.43. The Morgan fingerprint density at radius 1 is 1.26 bits per heavy atom. The smallest absolute Gasteiger partial charge is 0.355 e. The average Bonchev–Trinajstić information content (AvgIpc) is 3.05. The van der Waals surface area contributed by atoms with Gasteiger partial charge in [0.25, 0.3) is 0 Å². The molecular weight excluding hydrogens is 412 g/mol. The van der Waals surface area contributed by atoms with Crippen LogP contribution in [0, 0.1) is 5.92 Å². The van der Waals surface area contributed by atoms with E-state index in [1.54, 1.807) is 4.90 Å². The van der Waals surface area contributed by atoms with E-state index in [1.807, 2.05) is 24.3 Å². The lowest BCUT2D eigenvalue weighted by Crippen LogP contribution is -2.58. The van der Waals surface area contributed by atoms with Crippen molar-refractivity contribution in [3.05, 3.63) is 53.7 Å². The summed E-state index contributed by atoms with van der Waals surface area (Å²) in [6, 6.07) is 7.28. The van der Waals surface area contributed by atoms with Crippen LogP contribution in [-0.4, -0.2) is 50.3 Å². The Morgan fingerprint density at radius 2 is 1.94 bits per heavy atom. The van der Waals surface area contributed by atoms with E-state index in [-0.39, 0.29) is 30.9 Å². The van der Waals surface area contributed by atoms with Crippen LogP contribution >= 0.6 is 0 Å². The number of rotatable bonds is 10. The van der Waals surface area contributed by atoms with Crippen molar-refractivity contribution >= 4 is 31.7 Å². The first kappa shape index (κ1) is 23.0. The molecule has 0 spiro atoms. The molecule has 1 aromatic carbocycles. The summed E-state index contributed by atoms with van der Waals surface area (Å²) in [4.78, 5) is 38.4. The molecule has 2 aliphatic rings. The first-order valence-corrected chi connectivity index (χ1v) is 13.9. The molecule has 0 aromatic heterocycles. The molecule has 31 heavy (non-hydrogen) atoms. The third-order valence-electron chi connectivity index (χ3n) is 5.46. The Balaban J connectivity index is 1.82. The summed E-state index contributed by atoms with van der Waals surface area (Å²) in [6.07, 6.45) is 2.87. The second kappa shape index (κ2) is 9.19. The van der Waals surface area contributed by atoms with Crippen LogP contribution in [0.5, 0.6) is 0 Å². The van der Waals surface area contributed by atoms with Crippen molar-refractivity contribution in [3.63, 3.8) is 0 Å². The number of hydrogen-bond donors (Lipinski definition) is 1. The highest BCUT2D eigenvalue weighted by Gasteiger charge is 2.55. The number of carbonyl (C=O) groups is 3. The molecular formula is C23H30N2O5Si. The minimum Gasteiger partial charge on any atom is -0.457 e. The summed E-state index contributed by atoms with van der Waals surface area (Å²) in [5, 5.41) is 0. The minimum absolute atomic E-state index is 0.0601. The van der Waals surface area contributed by atoms with E-state index in [0.29, 0.717) is 25.1 Å². The molecule has 1 fully saturated rings. The van der Waals surface area contributed by atoms with Gasteiger partial charge < -0.3 is 19.8 Å². The third-order valence-corrected chi connectivity index (χ3v) is 6.53. The highest BCUT2D eigenvalue weighted by Crippen LogP contribution is 2.47. The van der Waals surface area contributed by atoms with Crippen molar-refractivity contribution in [1.29, 1.82) is 0 Å². The molecule has 2 heterocycles. The van der Waals surface area contributed by atoms with Gasteiger partial charge in [-0.2, -0.15) is 0 Å². The molecule has 0 unspecified atom stereocenters. The van der Waals surface area contributed by atoms with Crippen molar-refractivity contribution < 1.29 is 23.5 Å². The minimum atomic E-state index is -1.65. The second-order valence-corrected chi connectivity index (χ2v) is 13.4. The van der Waals surface area contributed by atoms with Gasteiger partial charge in [-0.25, -0.2) is 4.79 Å². The predicted octanol–water partition coefficient (Wildman–Crippen LogP) is 2.63. The summed E-state index contributed by atoms with van der Waals surface area (Å²) in [7, 11) is -1.65. The quantitative estimate of drug-likeness (QED) is 0.260. The number of carbonyl (C=O) groups excluding carboxylic acids is 3. The number of ether oxygens (including phenoxy) is 1. The van der Waals surface area contributed by atoms with Crippen LogP contribution < -0.4 is 5.73 Å². The van der Waals surface area contributed by atoms with E-state index < -0.39 is 20.2 Å². The van der Waals surface area contributed by atoms with Crippen molar-refractivity contribution in [2.75, 3.05) is 13.2 Å². The topological polar surface area (TPSA) is 98.9 Å². The van der Waals surface area contributed by atoms with Gasteiger partial charge in [-0.1, -0.05) is 36.9 Å². The first-order chi connectivity index (χ1) is 14.6. The Morgan fingerprint density at radius 3 is 2.52 bits per heavy atom. The van der Waals surface area contributed by atoms with Crippen molar-refractivity contribution in [1.82, 2.24) is 4.90 Å². The molecule has 2 aliphatic heterocycles. The molecule has 0 saturated carbocycles. The van der Waals surface area contributed by atoms with E-state index in [9.17, 15) is 14.4 Å². The zero-order valence-corrected chi connectivity index (χ0v) is 19.3. The van der Waals surface area contributed by atoms with Crippen molar-refractivity contribution in [3.8, 4) is 0 Å². The number of esters is 1. The number of benzene rings is 1. The van der Waals surface area contributed by atoms with Crippen LogP contribution in [0.3, 0.4) is 0 Å². The zero-order valence-electron chi connectivity index (χ0n) is 18.3. The molecule has 166 valence electrons. The molecule has 1 saturated heterocycles. The third kappa shape index (κ3) is 5.14. The molecule has 3 rings (SSSR count). The molecule has 7 nitrogen and oxygen atoms in total. The Labute approximate surface area is 184 Å². The Hall–Kier alpha value is -2.71. The van der Waals surface area contributed by atoms with Gasteiger partial charge in [0.1, 0.15) is 12.3 Å². The molecule has 2 atom stereocenters. The molecule has 1 aromatic rings. The van der Waals surface area contributed by atoms with Crippen LogP contribution in [0.2, 0.25) is 19.6 Å². The maximum Gasteiger partial charge on any atom is 0.355 e.